The van der Waals surface area contributed by atoms with Crippen molar-refractivity contribution >= 4 is 52.1 Å². The lowest BCUT2D eigenvalue weighted by molar-refractivity contribution is 0.0746. The number of halogens is 1. The van der Waals surface area contributed by atoms with Crippen molar-refractivity contribution in [1.29, 1.82) is 0 Å². The van der Waals surface area contributed by atoms with Gasteiger partial charge in [-0.1, -0.05) is 41.9 Å². The van der Waals surface area contributed by atoms with E-state index in [0.29, 0.717) is 54.7 Å². The van der Waals surface area contributed by atoms with Crippen LogP contribution in [0.1, 0.15) is 27.6 Å². The highest BCUT2D eigenvalue weighted by Crippen LogP contribution is 2.28. The van der Waals surface area contributed by atoms with Crippen molar-refractivity contribution in [3.05, 3.63) is 88.9 Å². The fourth-order valence-electron chi connectivity index (χ4n) is 4.01. The average Bonchev–Trinajstić information content (AvgIpc) is 2.90. The largest absolute Gasteiger partial charge is 0.492 e. The molecule has 36 heavy (non-hydrogen) atoms. The van der Waals surface area contributed by atoms with Crippen molar-refractivity contribution in [2.24, 2.45) is 0 Å². The standard InChI is InChI=1S/C27H27ClN4O3S/c1-2-35-24-13-12-20(18-21(24)28)25(33)30-27(36)29-22-10-6-7-11-23(22)31-14-16-32(17-15-31)26(34)19-8-4-3-5-9-19/h3-13,18H,2,14-17H2,1H3,(H2,29,30,33,36). The maximum atomic E-state index is 12.8. The van der Waals surface area contributed by atoms with Crippen molar-refractivity contribution in [2.45, 2.75) is 6.92 Å². The van der Waals surface area contributed by atoms with E-state index in [1.807, 2.05) is 66.4 Å². The van der Waals surface area contributed by atoms with Gasteiger partial charge in [0.05, 0.1) is 23.0 Å². The number of carbonyl (C=O) groups is 2. The van der Waals surface area contributed by atoms with Crippen molar-refractivity contribution in [2.75, 3.05) is 43.0 Å². The molecule has 0 spiro atoms. The first-order chi connectivity index (χ1) is 17.5. The number of carbonyl (C=O) groups excluding carboxylic acids is 2. The number of ether oxygens (including phenoxy) is 1. The van der Waals surface area contributed by atoms with E-state index >= 15 is 0 Å². The molecule has 9 heteroatoms. The normalized spacial score (nSPS) is 13.2. The molecule has 3 aromatic rings. The number of nitrogens with zero attached hydrogens (tertiary/aromatic N) is 2. The third-order valence-electron chi connectivity index (χ3n) is 5.80. The summed E-state index contributed by atoms with van der Waals surface area (Å²) in [5.41, 5.74) is 2.79. The molecule has 1 fully saturated rings. The molecule has 1 aliphatic heterocycles. The van der Waals surface area contributed by atoms with Gasteiger partial charge >= 0.3 is 0 Å². The summed E-state index contributed by atoms with van der Waals surface area (Å²) in [5, 5.41) is 6.37. The first-order valence-corrected chi connectivity index (χ1v) is 12.5. The molecule has 1 aliphatic rings. The predicted molar refractivity (Wildman–Crippen MR) is 147 cm³/mol. The summed E-state index contributed by atoms with van der Waals surface area (Å²) in [5.74, 6) is 0.193. The molecule has 2 N–H and O–H groups in total. The van der Waals surface area contributed by atoms with Crippen LogP contribution in [0.2, 0.25) is 5.02 Å². The van der Waals surface area contributed by atoms with Crippen LogP contribution < -0.4 is 20.3 Å². The number of amides is 2. The zero-order valence-electron chi connectivity index (χ0n) is 19.9. The highest BCUT2D eigenvalue weighted by atomic mass is 35.5. The van der Waals surface area contributed by atoms with Crippen molar-refractivity contribution in [1.82, 2.24) is 10.2 Å². The Kier molecular flexibility index (Phi) is 8.40. The first kappa shape index (κ1) is 25.5. The Hall–Kier alpha value is -3.62. The molecule has 3 aromatic carbocycles. The number of anilines is 2. The minimum Gasteiger partial charge on any atom is -0.492 e. The van der Waals surface area contributed by atoms with Gasteiger partial charge in [-0.05, 0) is 61.6 Å². The van der Waals surface area contributed by atoms with E-state index in [9.17, 15) is 9.59 Å². The number of hydrogen-bond donors (Lipinski definition) is 2. The molecule has 0 atom stereocenters. The van der Waals surface area contributed by atoms with E-state index in [1.54, 1.807) is 18.2 Å². The summed E-state index contributed by atoms with van der Waals surface area (Å²) in [7, 11) is 0. The summed E-state index contributed by atoms with van der Waals surface area (Å²) in [6.07, 6.45) is 0. The highest BCUT2D eigenvalue weighted by molar-refractivity contribution is 7.80. The Morgan fingerprint density at radius 1 is 0.944 bits per heavy atom. The van der Waals surface area contributed by atoms with Crippen molar-refractivity contribution in [3.63, 3.8) is 0 Å². The molecule has 0 saturated carbocycles. The summed E-state index contributed by atoms with van der Waals surface area (Å²) >= 11 is 11.6. The Morgan fingerprint density at radius 2 is 1.64 bits per heavy atom. The van der Waals surface area contributed by atoms with Crippen LogP contribution in [-0.4, -0.2) is 54.6 Å². The van der Waals surface area contributed by atoms with Crippen LogP contribution in [0.15, 0.2) is 72.8 Å². The molecule has 0 radical (unpaired) electrons. The maximum absolute atomic E-state index is 12.8. The Balaban J connectivity index is 1.37. The second-order valence-corrected chi connectivity index (χ2v) is 8.96. The van der Waals surface area contributed by atoms with Crippen LogP contribution in [0.5, 0.6) is 5.75 Å². The van der Waals surface area contributed by atoms with E-state index < -0.39 is 0 Å². The summed E-state index contributed by atoms with van der Waals surface area (Å²) < 4.78 is 5.42. The van der Waals surface area contributed by atoms with Crippen LogP contribution in [0.25, 0.3) is 0 Å². The number of benzene rings is 3. The lowest BCUT2D eigenvalue weighted by Crippen LogP contribution is -2.49. The van der Waals surface area contributed by atoms with Gasteiger partial charge in [-0.15, -0.1) is 0 Å². The van der Waals surface area contributed by atoms with E-state index in [2.05, 4.69) is 15.5 Å². The molecule has 0 unspecified atom stereocenters. The molecular formula is C27H27ClN4O3S. The van der Waals surface area contributed by atoms with Gasteiger partial charge in [0.2, 0.25) is 0 Å². The summed E-state index contributed by atoms with van der Waals surface area (Å²) in [6, 6.07) is 21.9. The van der Waals surface area contributed by atoms with Crippen LogP contribution >= 0.6 is 23.8 Å². The van der Waals surface area contributed by atoms with Gasteiger partial charge in [-0.25, -0.2) is 0 Å². The molecule has 4 rings (SSSR count). The van der Waals surface area contributed by atoms with Crippen LogP contribution in [0.4, 0.5) is 11.4 Å². The second-order valence-electron chi connectivity index (χ2n) is 8.15. The van der Waals surface area contributed by atoms with Gasteiger partial charge in [0.25, 0.3) is 11.8 Å². The lowest BCUT2D eigenvalue weighted by Gasteiger charge is -2.37. The first-order valence-electron chi connectivity index (χ1n) is 11.7. The monoisotopic (exact) mass is 522 g/mol. The fourth-order valence-corrected chi connectivity index (χ4v) is 4.45. The SMILES string of the molecule is CCOc1ccc(C(=O)NC(=S)Nc2ccccc2N2CCN(C(=O)c3ccccc3)CC2)cc1Cl. The Morgan fingerprint density at radius 3 is 2.33 bits per heavy atom. The van der Waals surface area contributed by atoms with Gasteiger partial charge in [0, 0.05) is 37.3 Å². The summed E-state index contributed by atoms with van der Waals surface area (Å²) in [6.45, 7) is 4.94. The molecule has 0 aliphatic carbocycles. The third kappa shape index (κ3) is 6.13. The van der Waals surface area contributed by atoms with E-state index in [1.165, 1.54) is 0 Å². The molecule has 186 valence electrons. The molecular weight excluding hydrogens is 496 g/mol. The van der Waals surface area contributed by atoms with Gasteiger partial charge < -0.3 is 19.9 Å². The topological polar surface area (TPSA) is 73.9 Å². The smallest absolute Gasteiger partial charge is 0.257 e. The Labute approximate surface area is 221 Å². The van der Waals surface area contributed by atoms with Crippen molar-refractivity contribution in [3.8, 4) is 5.75 Å². The second kappa shape index (κ2) is 11.9. The number of para-hydroxylation sites is 2. The van der Waals surface area contributed by atoms with E-state index in [-0.39, 0.29) is 16.9 Å². The minimum atomic E-state index is -0.372. The number of piperazine rings is 1. The van der Waals surface area contributed by atoms with Gasteiger partial charge in [-0.3, -0.25) is 14.9 Å². The number of nitrogens with one attached hydrogen (secondary N) is 2. The minimum absolute atomic E-state index is 0.0416. The molecule has 7 nitrogen and oxygen atoms in total. The molecule has 0 bridgehead atoms. The predicted octanol–water partition coefficient (Wildman–Crippen LogP) is 4.83. The molecule has 1 saturated heterocycles. The molecule has 2 amide bonds. The quantitative estimate of drug-likeness (QED) is 0.452. The van der Waals surface area contributed by atoms with Gasteiger partial charge in [0.15, 0.2) is 5.11 Å². The van der Waals surface area contributed by atoms with Gasteiger partial charge in [-0.2, -0.15) is 0 Å². The van der Waals surface area contributed by atoms with Crippen LogP contribution in [-0.2, 0) is 0 Å². The van der Waals surface area contributed by atoms with E-state index in [0.717, 1.165) is 11.4 Å². The number of rotatable bonds is 6. The highest BCUT2D eigenvalue weighted by Gasteiger charge is 2.23. The van der Waals surface area contributed by atoms with Gasteiger partial charge in [0.1, 0.15) is 5.75 Å². The number of hydrogen-bond acceptors (Lipinski definition) is 5. The van der Waals surface area contributed by atoms with Crippen molar-refractivity contribution < 1.29 is 14.3 Å². The average molecular weight is 523 g/mol. The van der Waals surface area contributed by atoms with Crippen LogP contribution in [0, 0.1) is 0 Å². The fraction of sp³-hybridized carbons (Fsp3) is 0.222. The zero-order chi connectivity index (χ0) is 25.5. The maximum Gasteiger partial charge on any atom is 0.257 e. The van der Waals surface area contributed by atoms with Crippen LogP contribution in [0.3, 0.4) is 0 Å². The molecule has 1 heterocycles. The number of thiocarbonyl (C=S) groups is 1. The summed E-state index contributed by atoms with van der Waals surface area (Å²) in [4.78, 5) is 29.5. The molecule has 0 aromatic heterocycles. The van der Waals surface area contributed by atoms with E-state index in [4.69, 9.17) is 28.6 Å². The zero-order valence-corrected chi connectivity index (χ0v) is 21.4. The lowest BCUT2D eigenvalue weighted by atomic mass is 10.1. The third-order valence-corrected chi connectivity index (χ3v) is 6.30. The Bertz CT molecular complexity index is 1250.